The van der Waals surface area contributed by atoms with E-state index in [1.807, 2.05) is 55.8 Å². The Morgan fingerprint density at radius 1 is 1.15 bits per heavy atom. The summed E-state index contributed by atoms with van der Waals surface area (Å²) in [6.07, 6.45) is 3.00. The monoisotopic (exact) mass is 557 g/mol. The van der Waals surface area contributed by atoms with E-state index in [0.29, 0.717) is 45.5 Å². The Balaban J connectivity index is 1.65. The third-order valence-corrected chi connectivity index (χ3v) is 7.27. The summed E-state index contributed by atoms with van der Waals surface area (Å²) < 4.78 is 41.5. The number of ether oxygens (including phenoxy) is 2. The number of carboxylic acids is 1. The minimum atomic E-state index is -1.31. The first kappa shape index (κ1) is 26.8. The van der Waals surface area contributed by atoms with Crippen molar-refractivity contribution in [2.75, 3.05) is 6.61 Å². The van der Waals surface area contributed by atoms with Gasteiger partial charge in [0, 0.05) is 58.5 Å². The van der Waals surface area contributed by atoms with Gasteiger partial charge in [0.2, 0.25) is 0 Å². The first-order chi connectivity index (χ1) is 19.5. The Morgan fingerprint density at radius 3 is 2.68 bits per heavy atom. The van der Waals surface area contributed by atoms with Gasteiger partial charge in [-0.05, 0) is 75.2 Å². The van der Waals surface area contributed by atoms with Gasteiger partial charge in [0.15, 0.2) is 17.7 Å². The average Bonchev–Trinajstić information content (AvgIpc) is 3.31. The molecule has 1 atom stereocenters. The van der Waals surface area contributed by atoms with Crippen LogP contribution in [0.3, 0.4) is 0 Å². The summed E-state index contributed by atoms with van der Waals surface area (Å²) >= 11 is 0. The summed E-state index contributed by atoms with van der Waals surface area (Å²) in [5.41, 5.74) is 4.47. The van der Waals surface area contributed by atoms with Crippen molar-refractivity contribution < 1.29 is 28.2 Å². The molecule has 1 aliphatic heterocycles. The van der Waals surface area contributed by atoms with Crippen molar-refractivity contribution >= 4 is 27.9 Å². The van der Waals surface area contributed by atoms with Crippen LogP contribution in [0.5, 0.6) is 5.75 Å². The molecule has 0 saturated heterocycles. The van der Waals surface area contributed by atoms with Crippen LogP contribution in [0.15, 0.2) is 54.9 Å². The molecule has 0 aliphatic carbocycles. The summed E-state index contributed by atoms with van der Waals surface area (Å²) in [6.45, 7) is 8.00. The minimum Gasteiger partial charge on any atom is -0.493 e. The zero-order chi connectivity index (χ0) is 29.1. The maximum atomic E-state index is 14.0. The quantitative estimate of drug-likeness (QED) is 0.248. The number of hydrogen-bond acceptors (Lipinski definition) is 5. The molecule has 4 heterocycles. The van der Waals surface area contributed by atoms with Crippen molar-refractivity contribution in [2.45, 2.75) is 52.4 Å². The number of benzene rings is 2. The molecular weight excluding hydrogens is 528 g/mol. The third kappa shape index (κ3) is 4.80. The van der Waals surface area contributed by atoms with Crippen LogP contribution >= 0.6 is 0 Å². The molecule has 0 spiro atoms. The number of aromatic nitrogens is 3. The van der Waals surface area contributed by atoms with Crippen LogP contribution < -0.4 is 4.74 Å². The Labute approximate surface area is 235 Å². The summed E-state index contributed by atoms with van der Waals surface area (Å²) in [4.78, 5) is 22.3. The van der Waals surface area contributed by atoms with E-state index >= 15 is 0 Å². The van der Waals surface area contributed by atoms with Crippen LogP contribution in [-0.2, 0) is 22.5 Å². The van der Waals surface area contributed by atoms with Gasteiger partial charge in [-0.15, -0.1) is 0 Å². The van der Waals surface area contributed by atoms with Crippen LogP contribution in [0.4, 0.5) is 8.78 Å². The molecule has 1 unspecified atom stereocenters. The standard InChI is InChI=1S/C32H29F2N3O4/c1-17-25(29(31(38)39)41-32(2,3)4)27(20-6-8-24-26-19(11-14-40-24)9-12-35-28(20)26)21-10-13-37(30(21)36-17)16-18-5-7-22(33)23(34)15-18/h5-10,12-13,15,29H,11,14,16H2,1-4H3,(H,38,39). The number of aliphatic carboxylic acids is 1. The van der Waals surface area contributed by atoms with E-state index < -0.39 is 29.3 Å². The first-order valence-electron chi connectivity index (χ1n) is 13.4. The highest BCUT2D eigenvalue weighted by atomic mass is 19.2. The topological polar surface area (TPSA) is 86.5 Å². The lowest BCUT2D eigenvalue weighted by Crippen LogP contribution is -2.28. The molecule has 1 N–H and O–H groups in total. The second-order valence-electron chi connectivity index (χ2n) is 11.3. The molecule has 0 amide bonds. The highest BCUT2D eigenvalue weighted by Crippen LogP contribution is 2.44. The maximum Gasteiger partial charge on any atom is 0.337 e. The largest absolute Gasteiger partial charge is 0.493 e. The molecule has 6 rings (SSSR count). The molecule has 0 saturated carbocycles. The third-order valence-electron chi connectivity index (χ3n) is 7.27. The van der Waals surface area contributed by atoms with Crippen molar-refractivity contribution in [2.24, 2.45) is 0 Å². The lowest BCUT2D eigenvalue weighted by atomic mass is 9.89. The lowest BCUT2D eigenvalue weighted by Gasteiger charge is -2.28. The predicted molar refractivity (Wildman–Crippen MR) is 151 cm³/mol. The second kappa shape index (κ2) is 9.92. The van der Waals surface area contributed by atoms with E-state index in [4.69, 9.17) is 19.4 Å². The number of carbonyl (C=O) groups is 1. The van der Waals surface area contributed by atoms with Crippen LogP contribution in [0, 0.1) is 18.6 Å². The van der Waals surface area contributed by atoms with Crippen molar-refractivity contribution in [1.82, 2.24) is 14.5 Å². The predicted octanol–water partition coefficient (Wildman–Crippen LogP) is 6.76. The molecule has 0 radical (unpaired) electrons. The molecule has 9 heteroatoms. The van der Waals surface area contributed by atoms with E-state index in [9.17, 15) is 18.7 Å². The average molecular weight is 558 g/mol. The summed E-state index contributed by atoms with van der Waals surface area (Å²) in [5.74, 6) is -2.24. The van der Waals surface area contributed by atoms with Gasteiger partial charge in [-0.3, -0.25) is 4.98 Å². The summed E-state index contributed by atoms with van der Waals surface area (Å²) in [7, 11) is 0. The number of aryl methyl sites for hydroxylation is 1. The maximum absolute atomic E-state index is 14.0. The van der Waals surface area contributed by atoms with Gasteiger partial charge in [-0.2, -0.15) is 0 Å². The Kier molecular flexibility index (Phi) is 6.49. The fourth-order valence-corrected chi connectivity index (χ4v) is 5.59. The van der Waals surface area contributed by atoms with Crippen LogP contribution in [0.1, 0.15) is 49.3 Å². The van der Waals surface area contributed by atoms with Crippen molar-refractivity contribution in [3.63, 3.8) is 0 Å². The normalized spacial score (nSPS) is 13.9. The number of halogens is 2. The zero-order valence-electron chi connectivity index (χ0n) is 23.2. The highest BCUT2D eigenvalue weighted by molar-refractivity contribution is 6.07. The van der Waals surface area contributed by atoms with Gasteiger partial charge in [-0.25, -0.2) is 18.6 Å². The molecule has 3 aromatic heterocycles. The van der Waals surface area contributed by atoms with Crippen molar-refractivity contribution in [1.29, 1.82) is 0 Å². The van der Waals surface area contributed by atoms with Gasteiger partial charge < -0.3 is 19.1 Å². The zero-order valence-corrected chi connectivity index (χ0v) is 23.2. The van der Waals surface area contributed by atoms with Gasteiger partial charge in [0.1, 0.15) is 11.4 Å². The summed E-state index contributed by atoms with van der Waals surface area (Å²) in [5, 5.41) is 12.0. The second-order valence-corrected chi connectivity index (χ2v) is 11.3. The molecule has 0 fully saturated rings. The fraction of sp³-hybridized carbons (Fsp3) is 0.281. The smallest absolute Gasteiger partial charge is 0.337 e. The molecule has 1 aliphatic rings. The van der Waals surface area contributed by atoms with Gasteiger partial charge >= 0.3 is 5.97 Å². The Hall–Kier alpha value is -4.37. The van der Waals surface area contributed by atoms with Crippen molar-refractivity contribution in [3.8, 4) is 16.9 Å². The first-order valence-corrected chi connectivity index (χ1v) is 13.4. The Bertz CT molecular complexity index is 1830. The number of hydrogen-bond donors (Lipinski definition) is 1. The lowest BCUT2D eigenvalue weighted by molar-refractivity contribution is -0.160. The molecule has 210 valence electrons. The van der Waals surface area contributed by atoms with Gasteiger partial charge in [-0.1, -0.05) is 6.07 Å². The molecule has 5 aromatic rings. The van der Waals surface area contributed by atoms with Crippen LogP contribution in [0.2, 0.25) is 0 Å². The molecule has 0 bridgehead atoms. The number of rotatable bonds is 6. The highest BCUT2D eigenvalue weighted by Gasteiger charge is 2.33. The fourth-order valence-electron chi connectivity index (χ4n) is 5.59. The van der Waals surface area contributed by atoms with Crippen molar-refractivity contribution in [3.05, 3.63) is 88.9 Å². The number of carboxylic acid groups (broad SMARTS) is 1. The molecule has 2 aromatic carbocycles. The van der Waals surface area contributed by atoms with Crippen LogP contribution in [-0.4, -0.2) is 37.8 Å². The van der Waals surface area contributed by atoms with E-state index in [0.717, 1.165) is 40.8 Å². The van der Waals surface area contributed by atoms with E-state index in [-0.39, 0.29) is 6.54 Å². The summed E-state index contributed by atoms with van der Waals surface area (Å²) in [6, 6.07) is 11.4. The number of nitrogens with zero attached hydrogens (tertiary/aromatic N) is 3. The van der Waals surface area contributed by atoms with Crippen LogP contribution in [0.25, 0.3) is 33.1 Å². The Morgan fingerprint density at radius 2 is 1.95 bits per heavy atom. The minimum absolute atomic E-state index is 0.239. The molecule has 7 nitrogen and oxygen atoms in total. The molecule has 41 heavy (non-hydrogen) atoms. The van der Waals surface area contributed by atoms with E-state index in [1.54, 1.807) is 13.1 Å². The number of fused-ring (bicyclic) bond motifs is 1. The molecular formula is C32H29F2N3O4. The van der Waals surface area contributed by atoms with Gasteiger partial charge in [0.05, 0.1) is 17.7 Å². The van der Waals surface area contributed by atoms with E-state index in [2.05, 4.69) is 0 Å². The van der Waals surface area contributed by atoms with Gasteiger partial charge in [0.25, 0.3) is 0 Å². The van der Waals surface area contributed by atoms with E-state index in [1.165, 1.54) is 6.07 Å². The SMILES string of the molecule is Cc1nc2c(ccn2Cc2ccc(F)c(F)c2)c(-c2ccc3c4c(ccnc24)CCO3)c1C(OC(C)(C)C)C(=O)O. The number of pyridine rings is 2.